The van der Waals surface area contributed by atoms with Gasteiger partial charge in [-0.3, -0.25) is 4.79 Å². The van der Waals surface area contributed by atoms with Gasteiger partial charge in [-0.1, -0.05) is 29.8 Å². The molecule has 2 heterocycles. The quantitative estimate of drug-likeness (QED) is 0.765. The van der Waals surface area contributed by atoms with E-state index in [0.29, 0.717) is 16.4 Å². The van der Waals surface area contributed by atoms with Gasteiger partial charge in [-0.25, -0.2) is 4.98 Å². The van der Waals surface area contributed by atoms with Crippen molar-refractivity contribution < 1.29 is 4.79 Å². The molecule has 0 aliphatic rings. The first-order valence-corrected chi connectivity index (χ1v) is 8.32. The highest BCUT2D eigenvalue weighted by Crippen LogP contribution is 2.28. The van der Waals surface area contributed by atoms with Crippen LogP contribution < -0.4 is 5.32 Å². The molecule has 3 rings (SSSR count). The summed E-state index contributed by atoms with van der Waals surface area (Å²) in [6.07, 6.45) is 1.62. The summed E-state index contributed by atoms with van der Waals surface area (Å²) in [6.45, 7) is 0.474. The normalized spacial score (nSPS) is 10.5. The lowest BCUT2D eigenvalue weighted by Gasteiger charge is -2.03. The third-order valence-corrected chi connectivity index (χ3v) is 5.11. The van der Waals surface area contributed by atoms with Crippen LogP contribution in [0.15, 0.2) is 48.0 Å². The van der Waals surface area contributed by atoms with Crippen molar-refractivity contribution in [2.45, 2.75) is 6.54 Å². The Morgan fingerprint density at radius 2 is 2.05 bits per heavy atom. The van der Waals surface area contributed by atoms with Crippen molar-refractivity contribution in [1.82, 2.24) is 10.3 Å². The van der Waals surface area contributed by atoms with Crippen molar-refractivity contribution in [3.63, 3.8) is 0 Å². The molecule has 106 valence electrons. The molecular weight excluding hydrogens is 324 g/mol. The van der Waals surface area contributed by atoms with Gasteiger partial charge in [0.2, 0.25) is 0 Å². The van der Waals surface area contributed by atoms with Gasteiger partial charge in [0.25, 0.3) is 5.91 Å². The van der Waals surface area contributed by atoms with Crippen LogP contribution in [0.1, 0.15) is 15.2 Å². The fourth-order valence-electron chi connectivity index (χ4n) is 1.76. The Morgan fingerprint density at radius 3 is 2.76 bits per heavy atom. The summed E-state index contributed by atoms with van der Waals surface area (Å²) in [5.74, 6) is -0.106. The van der Waals surface area contributed by atoms with Crippen LogP contribution in [0.3, 0.4) is 0 Å². The summed E-state index contributed by atoms with van der Waals surface area (Å²) in [4.78, 5) is 18.1. The molecule has 1 N–H and O–H groups in total. The smallest absolute Gasteiger partial charge is 0.263 e. The van der Waals surface area contributed by atoms with Crippen LogP contribution in [0.25, 0.3) is 9.88 Å². The summed E-state index contributed by atoms with van der Waals surface area (Å²) < 4.78 is 0. The molecule has 0 bridgehead atoms. The number of amides is 1. The van der Waals surface area contributed by atoms with E-state index in [-0.39, 0.29) is 5.91 Å². The van der Waals surface area contributed by atoms with Crippen LogP contribution in [-0.4, -0.2) is 10.9 Å². The van der Waals surface area contributed by atoms with Crippen LogP contribution in [-0.2, 0) is 6.54 Å². The van der Waals surface area contributed by atoms with Gasteiger partial charge in [0.15, 0.2) is 0 Å². The highest BCUT2D eigenvalue weighted by atomic mass is 35.5. The molecule has 0 spiro atoms. The van der Waals surface area contributed by atoms with Gasteiger partial charge in [0.1, 0.15) is 9.88 Å². The second kappa shape index (κ2) is 6.39. The van der Waals surface area contributed by atoms with E-state index in [1.807, 2.05) is 41.8 Å². The predicted molar refractivity (Wildman–Crippen MR) is 88.0 cm³/mol. The summed E-state index contributed by atoms with van der Waals surface area (Å²) in [5.41, 5.74) is 1.01. The molecule has 0 atom stereocenters. The number of thiazole rings is 1. The fraction of sp³-hybridized carbons (Fsp3) is 0.0667. The van der Waals surface area contributed by atoms with Gasteiger partial charge < -0.3 is 5.32 Å². The highest BCUT2D eigenvalue weighted by molar-refractivity contribution is 7.21. The maximum absolute atomic E-state index is 12.1. The first kappa shape index (κ1) is 14.3. The van der Waals surface area contributed by atoms with E-state index in [1.54, 1.807) is 17.5 Å². The van der Waals surface area contributed by atoms with Crippen molar-refractivity contribution >= 4 is 40.2 Å². The highest BCUT2D eigenvalue weighted by Gasteiger charge is 2.11. The van der Waals surface area contributed by atoms with Crippen LogP contribution in [0, 0.1) is 0 Å². The summed E-state index contributed by atoms with van der Waals surface area (Å²) >= 11 is 8.85. The minimum Gasteiger partial charge on any atom is -0.347 e. The van der Waals surface area contributed by atoms with Crippen LogP contribution in [0.2, 0.25) is 5.02 Å². The first-order valence-electron chi connectivity index (χ1n) is 6.25. The van der Waals surface area contributed by atoms with Crippen molar-refractivity contribution in [2.75, 3.05) is 0 Å². The zero-order chi connectivity index (χ0) is 14.7. The average Bonchev–Trinajstić information content (AvgIpc) is 3.17. The Bertz CT molecular complexity index is 735. The number of carbonyl (C=O) groups is 1. The minimum absolute atomic E-state index is 0.106. The number of carbonyl (C=O) groups excluding carboxylic acids is 1. The number of hydrogen-bond donors (Lipinski definition) is 1. The van der Waals surface area contributed by atoms with Gasteiger partial charge in [0, 0.05) is 11.6 Å². The van der Waals surface area contributed by atoms with Crippen LogP contribution in [0.4, 0.5) is 0 Å². The summed E-state index contributed by atoms with van der Waals surface area (Å²) in [6, 6.07) is 11.4. The zero-order valence-electron chi connectivity index (χ0n) is 10.9. The van der Waals surface area contributed by atoms with Crippen molar-refractivity contribution in [3.8, 4) is 9.88 Å². The molecule has 3 aromatic rings. The Labute approximate surface area is 135 Å². The van der Waals surface area contributed by atoms with Gasteiger partial charge >= 0.3 is 0 Å². The second-order valence-corrected chi connectivity index (χ2v) is 6.73. The maximum Gasteiger partial charge on any atom is 0.263 e. The van der Waals surface area contributed by atoms with Crippen molar-refractivity contribution in [2.24, 2.45) is 0 Å². The standard InChI is InChI=1S/C15H11ClN2OS2/c16-11-5-3-10(4-6-11)8-17-14(19)13-9-18-15(21-13)12-2-1-7-20-12/h1-7,9H,8H2,(H,17,19). The number of benzene rings is 1. The average molecular weight is 335 g/mol. The lowest BCUT2D eigenvalue weighted by atomic mass is 10.2. The third kappa shape index (κ3) is 3.50. The van der Waals surface area contributed by atoms with E-state index in [2.05, 4.69) is 10.3 Å². The Balaban J connectivity index is 1.64. The number of nitrogens with one attached hydrogen (secondary N) is 1. The summed E-state index contributed by atoms with van der Waals surface area (Å²) in [5, 5.41) is 6.45. The molecule has 0 saturated carbocycles. The lowest BCUT2D eigenvalue weighted by Crippen LogP contribution is -2.21. The molecule has 6 heteroatoms. The van der Waals surface area contributed by atoms with E-state index in [1.165, 1.54) is 11.3 Å². The summed E-state index contributed by atoms with van der Waals surface area (Å²) in [7, 11) is 0. The number of thiophene rings is 1. The molecular formula is C15H11ClN2OS2. The maximum atomic E-state index is 12.1. The molecule has 1 aromatic carbocycles. The Kier molecular flexibility index (Phi) is 4.34. The van der Waals surface area contributed by atoms with Crippen LogP contribution >= 0.6 is 34.3 Å². The fourth-order valence-corrected chi connectivity index (χ4v) is 3.53. The first-order chi connectivity index (χ1) is 10.2. The molecule has 0 saturated heterocycles. The van der Waals surface area contributed by atoms with Gasteiger partial charge in [-0.15, -0.1) is 22.7 Å². The molecule has 0 radical (unpaired) electrons. The molecule has 0 aliphatic heterocycles. The molecule has 21 heavy (non-hydrogen) atoms. The Hall–Kier alpha value is -1.69. The Morgan fingerprint density at radius 1 is 1.24 bits per heavy atom. The zero-order valence-corrected chi connectivity index (χ0v) is 13.3. The molecule has 3 nitrogen and oxygen atoms in total. The van der Waals surface area contributed by atoms with E-state index in [0.717, 1.165) is 15.4 Å². The molecule has 0 unspecified atom stereocenters. The van der Waals surface area contributed by atoms with Gasteiger partial charge in [-0.05, 0) is 29.1 Å². The number of halogens is 1. The van der Waals surface area contributed by atoms with E-state index >= 15 is 0 Å². The molecule has 2 aromatic heterocycles. The lowest BCUT2D eigenvalue weighted by molar-refractivity contribution is 0.0955. The molecule has 0 fully saturated rings. The predicted octanol–water partition coefficient (Wildman–Crippen LogP) is 4.46. The molecule has 1 amide bonds. The second-order valence-electron chi connectivity index (χ2n) is 4.32. The number of hydrogen-bond acceptors (Lipinski definition) is 4. The topological polar surface area (TPSA) is 42.0 Å². The van der Waals surface area contributed by atoms with E-state index in [4.69, 9.17) is 11.6 Å². The monoisotopic (exact) mass is 334 g/mol. The van der Waals surface area contributed by atoms with E-state index < -0.39 is 0 Å². The largest absolute Gasteiger partial charge is 0.347 e. The third-order valence-electron chi connectivity index (χ3n) is 2.83. The number of nitrogens with zero attached hydrogens (tertiary/aromatic N) is 1. The van der Waals surface area contributed by atoms with Gasteiger partial charge in [0.05, 0.1) is 11.1 Å². The van der Waals surface area contributed by atoms with Crippen molar-refractivity contribution in [1.29, 1.82) is 0 Å². The number of aromatic nitrogens is 1. The van der Waals surface area contributed by atoms with Crippen LogP contribution in [0.5, 0.6) is 0 Å². The van der Waals surface area contributed by atoms with Gasteiger partial charge in [-0.2, -0.15) is 0 Å². The number of rotatable bonds is 4. The molecule has 0 aliphatic carbocycles. The van der Waals surface area contributed by atoms with E-state index in [9.17, 15) is 4.79 Å². The van der Waals surface area contributed by atoms with Crippen molar-refractivity contribution in [3.05, 3.63) is 63.4 Å². The SMILES string of the molecule is O=C(NCc1ccc(Cl)cc1)c1cnc(-c2cccs2)s1. The minimum atomic E-state index is -0.106.